The largest absolute Gasteiger partial charge is 0.384 e. The van der Waals surface area contributed by atoms with Crippen LogP contribution >= 0.6 is 0 Å². The highest BCUT2D eigenvalue weighted by Crippen LogP contribution is 2.17. The quantitative estimate of drug-likeness (QED) is 0.719. The van der Waals surface area contributed by atoms with Gasteiger partial charge in [0.15, 0.2) is 0 Å². The van der Waals surface area contributed by atoms with Gasteiger partial charge < -0.3 is 15.4 Å². The number of hydrogen-bond donors (Lipinski definition) is 1. The summed E-state index contributed by atoms with van der Waals surface area (Å²) in [6, 6.07) is 6.09. The SMILES string of the molecule is C[C@@H]1COCCN1c1cccc(N)n1. The Labute approximate surface area is 83.7 Å². The summed E-state index contributed by atoms with van der Waals surface area (Å²) in [4.78, 5) is 6.52. The molecular weight excluding hydrogens is 178 g/mol. The Morgan fingerprint density at radius 2 is 2.43 bits per heavy atom. The highest BCUT2D eigenvalue weighted by molar-refractivity contribution is 5.45. The molecule has 0 bridgehead atoms. The first-order valence-electron chi connectivity index (χ1n) is 4.84. The minimum Gasteiger partial charge on any atom is -0.384 e. The Balaban J connectivity index is 2.20. The number of nitrogen functional groups attached to an aromatic ring is 1. The zero-order valence-corrected chi connectivity index (χ0v) is 8.31. The van der Waals surface area contributed by atoms with Crippen LogP contribution in [0, 0.1) is 0 Å². The molecule has 0 saturated carbocycles. The number of pyridine rings is 1. The topological polar surface area (TPSA) is 51.4 Å². The number of morpholine rings is 1. The smallest absolute Gasteiger partial charge is 0.131 e. The van der Waals surface area contributed by atoms with Gasteiger partial charge in [0.2, 0.25) is 0 Å². The van der Waals surface area contributed by atoms with Crippen molar-refractivity contribution in [2.24, 2.45) is 0 Å². The molecule has 0 spiro atoms. The van der Waals surface area contributed by atoms with Gasteiger partial charge in [0, 0.05) is 6.54 Å². The molecule has 0 aromatic carbocycles. The molecule has 4 nitrogen and oxygen atoms in total. The van der Waals surface area contributed by atoms with Crippen LogP contribution in [0.4, 0.5) is 11.6 Å². The van der Waals surface area contributed by atoms with Gasteiger partial charge >= 0.3 is 0 Å². The Kier molecular flexibility index (Phi) is 2.54. The van der Waals surface area contributed by atoms with Gasteiger partial charge in [0.1, 0.15) is 11.6 Å². The summed E-state index contributed by atoms with van der Waals surface area (Å²) >= 11 is 0. The fourth-order valence-electron chi connectivity index (χ4n) is 1.67. The monoisotopic (exact) mass is 193 g/mol. The van der Waals surface area contributed by atoms with E-state index in [-0.39, 0.29) is 0 Å². The number of rotatable bonds is 1. The first-order chi connectivity index (χ1) is 6.77. The van der Waals surface area contributed by atoms with Crippen LogP contribution in [0.2, 0.25) is 0 Å². The molecule has 1 fully saturated rings. The van der Waals surface area contributed by atoms with Crippen molar-refractivity contribution in [1.82, 2.24) is 4.98 Å². The molecule has 0 amide bonds. The summed E-state index contributed by atoms with van der Waals surface area (Å²) in [7, 11) is 0. The normalized spacial score (nSPS) is 22.4. The van der Waals surface area contributed by atoms with Crippen LogP contribution in [0.1, 0.15) is 6.92 Å². The third kappa shape index (κ3) is 1.80. The van der Waals surface area contributed by atoms with E-state index in [1.807, 2.05) is 12.1 Å². The summed E-state index contributed by atoms with van der Waals surface area (Å²) < 4.78 is 5.36. The molecule has 0 radical (unpaired) electrons. The second-order valence-electron chi connectivity index (χ2n) is 3.54. The number of nitrogens with zero attached hydrogens (tertiary/aromatic N) is 2. The van der Waals surface area contributed by atoms with Gasteiger partial charge in [0.05, 0.1) is 19.3 Å². The van der Waals surface area contributed by atoms with E-state index >= 15 is 0 Å². The first-order valence-corrected chi connectivity index (χ1v) is 4.84. The highest BCUT2D eigenvalue weighted by atomic mass is 16.5. The predicted molar refractivity (Wildman–Crippen MR) is 56.3 cm³/mol. The number of anilines is 2. The number of ether oxygens (including phenoxy) is 1. The molecule has 1 aromatic rings. The molecule has 1 atom stereocenters. The minimum absolute atomic E-state index is 0.373. The second-order valence-corrected chi connectivity index (χ2v) is 3.54. The van der Waals surface area contributed by atoms with Crippen molar-refractivity contribution in [3.63, 3.8) is 0 Å². The average Bonchev–Trinajstić information content (AvgIpc) is 2.18. The van der Waals surface area contributed by atoms with E-state index in [9.17, 15) is 0 Å². The third-order valence-electron chi connectivity index (χ3n) is 2.42. The van der Waals surface area contributed by atoms with E-state index in [2.05, 4.69) is 16.8 Å². The maximum atomic E-state index is 5.64. The average molecular weight is 193 g/mol. The molecule has 1 saturated heterocycles. The number of hydrogen-bond acceptors (Lipinski definition) is 4. The Morgan fingerprint density at radius 3 is 3.14 bits per heavy atom. The summed E-state index contributed by atoms with van der Waals surface area (Å²) in [5.74, 6) is 1.52. The van der Waals surface area contributed by atoms with Gasteiger partial charge in [-0.3, -0.25) is 0 Å². The third-order valence-corrected chi connectivity index (χ3v) is 2.42. The van der Waals surface area contributed by atoms with E-state index in [1.54, 1.807) is 6.07 Å². The van der Waals surface area contributed by atoms with Crippen LogP contribution in [0.15, 0.2) is 18.2 Å². The lowest BCUT2D eigenvalue weighted by atomic mass is 10.2. The van der Waals surface area contributed by atoms with Crippen LogP contribution < -0.4 is 10.6 Å². The molecule has 2 N–H and O–H groups in total. The van der Waals surface area contributed by atoms with Gasteiger partial charge in [-0.1, -0.05) is 6.07 Å². The van der Waals surface area contributed by atoms with Gasteiger partial charge in [-0.15, -0.1) is 0 Å². The van der Waals surface area contributed by atoms with Crippen LogP contribution in [-0.4, -0.2) is 30.8 Å². The summed E-state index contributed by atoms with van der Waals surface area (Å²) in [6.07, 6.45) is 0. The van der Waals surface area contributed by atoms with Gasteiger partial charge in [0.25, 0.3) is 0 Å². The molecule has 0 aliphatic carbocycles. The maximum Gasteiger partial charge on any atom is 0.131 e. The van der Waals surface area contributed by atoms with E-state index in [0.717, 1.165) is 25.6 Å². The Hall–Kier alpha value is -1.29. The van der Waals surface area contributed by atoms with Crippen LogP contribution in [0.5, 0.6) is 0 Å². The molecule has 0 unspecified atom stereocenters. The van der Waals surface area contributed by atoms with E-state index in [1.165, 1.54) is 0 Å². The lowest BCUT2D eigenvalue weighted by molar-refractivity contribution is 0.0985. The summed E-state index contributed by atoms with van der Waals surface area (Å²) in [5, 5.41) is 0. The summed E-state index contributed by atoms with van der Waals surface area (Å²) in [6.45, 7) is 4.54. The molecule has 4 heteroatoms. The predicted octanol–water partition coefficient (Wildman–Crippen LogP) is 0.889. The lowest BCUT2D eigenvalue weighted by Crippen LogP contribution is -2.44. The molecule has 2 rings (SSSR count). The lowest BCUT2D eigenvalue weighted by Gasteiger charge is -2.34. The Morgan fingerprint density at radius 1 is 1.57 bits per heavy atom. The fourth-order valence-corrected chi connectivity index (χ4v) is 1.67. The first kappa shape index (κ1) is 9.27. The van der Waals surface area contributed by atoms with Gasteiger partial charge in [-0.25, -0.2) is 4.98 Å². The second kappa shape index (κ2) is 3.84. The van der Waals surface area contributed by atoms with Crippen molar-refractivity contribution in [3.8, 4) is 0 Å². The van der Waals surface area contributed by atoms with Crippen LogP contribution in [0.25, 0.3) is 0 Å². The van der Waals surface area contributed by atoms with Crippen molar-refractivity contribution in [3.05, 3.63) is 18.2 Å². The Bertz CT molecular complexity index is 316. The number of aromatic nitrogens is 1. The zero-order chi connectivity index (χ0) is 9.97. The van der Waals surface area contributed by atoms with Crippen molar-refractivity contribution >= 4 is 11.6 Å². The summed E-state index contributed by atoms with van der Waals surface area (Å²) in [5.41, 5.74) is 5.64. The van der Waals surface area contributed by atoms with E-state index < -0.39 is 0 Å². The molecular formula is C10H15N3O. The van der Waals surface area contributed by atoms with Crippen LogP contribution in [-0.2, 0) is 4.74 Å². The molecule has 1 aromatic heterocycles. The highest BCUT2D eigenvalue weighted by Gasteiger charge is 2.19. The fraction of sp³-hybridized carbons (Fsp3) is 0.500. The standard InChI is InChI=1S/C10H15N3O/c1-8-7-14-6-5-13(8)10-4-2-3-9(11)12-10/h2-4,8H,5-7H2,1H3,(H2,11,12)/t8-/m1/s1. The zero-order valence-electron chi connectivity index (χ0n) is 8.31. The van der Waals surface area contributed by atoms with Crippen molar-refractivity contribution in [2.45, 2.75) is 13.0 Å². The van der Waals surface area contributed by atoms with Crippen molar-refractivity contribution < 1.29 is 4.74 Å². The van der Waals surface area contributed by atoms with Gasteiger partial charge in [-0.05, 0) is 19.1 Å². The molecule has 76 valence electrons. The molecule has 14 heavy (non-hydrogen) atoms. The maximum absolute atomic E-state index is 5.64. The number of nitrogens with two attached hydrogens (primary N) is 1. The molecule has 2 heterocycles. The van der Waals surface area contributed by atoms with Crippen molar-refractivity contribution in [1.29, 1.82) is 0 Å². The molecule has 1 aliphatic heterocycles. The van der Waals surface area contributed by atoms with E-state index in [0.29, 0.717) is 11.9 Å². The minimum atomic E-state index is 0.373. The van der Waals surface area contributed by atoms with Gasteiger partial charge in [-0.2, -0.15) is 0 Å². The molecule has 1 aliphatic rings. The van der Waals surface area contributed by atoms with Crippen LogP contribution in [0.3, 0.4) is 0 Å². The van der Waals surface area contributed by atoms with E-state index in [4.69, 9.17) is 10.5 Å². The van der Waals surface area contributed by atoms with Crippen molar-refractivity contribution in [2.75, 3.05) is 30.4 Å².